The number of hydrogen-bond acceptors (Lipinski definition) is 2. The molecule has 110 valence electrons. The van der Waals surface area contributed by atoms with Crippen LogP contribution in [0.15, 0.2) is 24.3 Å². The first-order valence-electron chi connectivity index (χ1n) is 8.15. The Hall–Kier alpha value is -0.860. The minimum Gasteiger partial charge on any atom is -0.381 e. The molecule has 2 heteroatoms. The molecular weight excluding hydrogens is 246 g/mol. The molecular formula is C18H27NO. The maximum absolute atomic E-state index is 5.54. The average molecular weight is 273 g/mol. The molecule has 1 unspecified atom stereocenters. The summed E-state index contributed by atoms with van der Waals surface area (Å²) < 4.78 is 5.54. The fourth-order valence-electron chi connectivity index (χ4n) is 4.32. The van der Waals surface area contributed by atoms with E-state index in [9.17, 15) is 0 Å². The number of rotatable bonds is 4. The van der Waals surface area contributed by atoms with Gasteiger partial charge in [0.25, 0.3) is 0 Å². The number of benzene rings is 1. The molecule has 0 saturated carbocycles. The Balaban J connectivity index is 1.87. The zero-order valence-corrected chi connectivity index (χ0v) is 12.7. The van der Waals surface area contributed by atoms with Gasteiger partial charge in [0.2, 0.25) is 0 Å². The summed E-state index contributed by atoms with van der Waals surface area (Å²) in [5, 5.41) is 3.48. The minimum atomic E-state index is 0.353. The van der Waals surface area contributed by atoms with Crippen LogP contribution in [0.3, 0.4) is 0 Å². The smallest absolute Gasteiger partial charge is 0.0468 e. The lowest BCUT2D eigenvalue weighted by molar-refractivity contribution is 0.0539. The lowest BCUT2D eigenvalue weighted by Gasteiger charge is -2.42. The molecule has 0 spiro atoms. The van der Waals surface area contributed by atoms with Crippen LogP contribution in [0.5, 0.6) is 0 Å². The van der Waals surface area contributed by atoms with Gasteiger partial charge in [0, 0.05) is 25.2 Å². The van der Waals surface area contributed by atoms with Crippen molar-refractivity contribution in [2.45, 2.75) is 43.9 Å². The Labute approximate surface area is 122 Å². The topological polar surface area (TPSA) is 21.3 Å². The Bertz CT molecular complexity index is 439. The molecule has 1 heterocycles. The summed E-state index contributed by atoms with van der Waals surface area (Å²) in [6.45, 7) is 3.03. The Morgan fingerprint density at radius 1 is 1.25 bits per heavy atom. The van der Waals surface area contributed by atoms with Crippen LogP contribution in [-0.4, -0.2) is 26.8 Å². The van der Waals surface area contributed by atoms with E-state index in [0.717, 1.165) is 25.7 Å². The molecule has 1 aromatic carbocycles. The molecule has 1 aliphatic heterocycles. The van der Waals surface area contributed by atoms with E-state index >= 15 is 0 Å². The van der Waals surface area contributed by atoms with Gasteiger partial charge in [-0.2, -0.15) is 0 Å². The Kier molecular flexibility index (Phi) is 4.42. The van der Waals surface area contributed by atoms with Crippen LogP contribution in [0.25, 0.3) is 0 Å². The van der Waals surface area contributed by atoms with Gasteiger partial charge in [-0.3, -0.25) is 0 Å². The zero-order chi connectivity index (χ0) is 13.8. The SMILES string of the molecule is CNCC1(CC2CCOCC2)CCCc2ccccc21. The number of ether oxygens (including phenoxy) is 1. The van der Waals surface area contributed by atoms with Gasteiger partial charge < -0.3 is 10.1 Å². The van der Waals surface area contributed by atoms with Crippen molar-refractivity contribution in [3.63, 3.8) is 0 Å². The summed E-state index contributed by atoms with van der Waals surface area (Å²) in [5.74, 6) is 0.836. The minimum absolute atomic E-state index is 0.353. The van der Waals surface area contributed by atoms with Crippen LogP contribution in [0, 0.1) is 5.92 Å². The third kappa shape index (κ3) is 2.77. The lowest BCUT2D eigenvalue weighted by atomic mass is 9.65. The highest BCUT2D eigenvalue weighted by Crippen LogP contribution is 2.43. The van der Waals surface area contributed by atoms with Crippen molar-refractivity contribution in [1.82, 2.24) is 5.32 Å². The molecule has 2 nitrogen and oxygen atoms in total. The molecule has 0 aromatic heterocycles. The summed E-state index contributed by atoms with van der Waals surface area (Å²) in [6, 6.07) is 9.13. The van der Waals surface area contributed by atoms with Gasteiger partial charge in [0.05, 0.1) is 0 Å². The predicted octanol–water partition coefficient (Wildman–Crippen LogP) is 3.30. The molecule has 2 aliphatic rings. The van der Waals surface area contributed by atoms with E-state index < -0.39 is 0 Å². The molecule has 1 aromatic rings. The average Bonchev–Trinajstić information content (AvgIpc) is 2.49. The summed E-state index contributed by atoms with van der Waals surface area (Å²) in [6.07, 6.45) is 7.75. The Morgan fingerprint density at radius 3 is 2.85 bits per heavy atom. The van der Waals surface area contributed by atoms with Gasteiger partial charge in [0.1, 0.15) is 0 Å². The van der Waals surface area contributed by atoms with E-state index in [4.69, 9.17) is 4.74 Å². The molecule has 1 aliphatic carbocycles. The van der Waals surface area contributed by atoms with Crippen molar-refractivity contribution in [1.29, 1.82) is 0 Å². The van der Waals surface area contributed by atoms with Gasteiger partial charge in [-0.25, -0.2) is 0 Å². The second-order valence-corrected chi connectivity index (χ2v) is 6.58. The van der Waals surface area contributed by atoms with Crippen LogP contribution in [-0.2, 0) is 16.6 Å². The standard InChI is InChI=1S/C18H27NO/c1-19-14-18(13-15-8-11-20-12-9-15)10-4-6-16-5-2-3-7-17(16)18/h2-3,5,7,15,19H,4,6,8-14H2,1H3. The van der Waals surface area contributed by atoms with Gasteiger partial charge in [-0.1, -0.05) is 24.3 Å². The molecule has 0 amide bonds. The number of aryl methyl sites for hydroxylation is 1. The maximum Gasteiger partial charge on any atom is 0.0468 e. The van der Waals surface area contributed by atoms with Crippen LogP contribution in [0.1, 0.15) is 43.2 Å². The summed E-state index contributed by atoms with van der Waals surface area (Å²) in [4.78, 5) is 0. The van der Waals surface area contributed by atoms with Crippen molar-refractivity contribution in [2.24, 2.45) is 5.92 Å². The highest BCUT2D eigenvalue weighted by molar-refractivity contribution is 5.37. The second-order valence-electron chi connectivity index (χ2n) is 6.58. The lowest BCUT2D eigenvalue weighted by Crippen LogP contribution is -2.42. The first-order chi connectivity index (χ1) is 9.84. The van der Waals surface area contributed by atoms with E-state index in [1.165, 1.54) is 38.5 Å². The first kappa shape index (κ1) is 14.1. The summed E-state index contributed by atoms with van der Waals surface area (Å²) in [5.41, 5.74) is 3.55. The summed E-state index contributed by atoms with van der Waals surface area (Å²) in [7, 11) is 2.10. The van der Waals surface area contributed by atoms with Gasteiger partial charge in [-0.05, 0) is 62.6 Å². The van der Waals surface area contributed by atoms with Gasteiger partial charge >= 0.3 is 0 Å². The molecule has 1 atom stereocenters. The van der Waals surface area contributed by atoms with E-state index in [2.05, 4.69) is 36.6 Å². The largest absolute Gasteiger partial charge is 0.381 e. The molecule has 20 heavy (non-hydrogen) atoms. The highest BCUT2D eigenvalue weighted by Gasteiger charge is 2.38. The number of fused-ring (bicyclic) bond motifs is 1. The third-order valence-electron chi connectivity index (χ3n) is 5.23. The van der Waals surface area contributed by atoms with E-state index in [1.807, 2.05) is 0 Å². The van der Waals surface area contributed by atoms with Crippen molar-refractivity contribution < 1.29 is 4.74 Å². The van der Waals surface area contributed by atoms with Crippen molar-refractivity contribution in [3.05, 3.63) is 35.4 Å². The first-order valence-corrected chi connectivity index (χ1v) is 8.15. The van der Waals surface area contributed by atoms with Crippen molar-refractivity contribution in [2.75, 3.05) is 26.8 Å². The maximum atomic E-state index is 5.54. The molecule has 0 radical (unpaired) electrons. The molecule has 1 saturated heterocycles. The second kappa shape index (κ2) is 6.28. The fourth-order valence-corrected chi connectivity index (χ4v) is 4.32. The van der Waals surface area contributed by atoms with Crippen LogP contribution in [0.4, 0.5) is 0 Å². The normalized spacial score (nSPS) is 27.2. The summed E-state index contributed by atoms with van der Waals surface area (Å²) >= 11 is 0. The molecule has 0 bridgehead atoms. The number of likely N-dealkylation sites (N-methyl/N-ethyl adjacent to an activating group) is 1. The van der Waals surface area contributed by atoms with E-state index in [-0.39, 0.29) is 0 Å². The predicted molar refractivity (Wildman–Crippen MR) is 83.1 cm³/mol. The fraction of sp³-hybridized carbons (Fsp3) is 0.667. The van der Waals surface area contributed by atoms with E-state index in [1.54, 1.807) is 11.1 Å². The Morgan fingerprint density at radius 2 is 2.05 bits per heavy atom. The van der Waals surface area contributed by atoms with Crippen LogP contribution >= 0.6 is 0 Å². The van der Waals surface area contributed by atoms with Crippen LogP contribution in [0.2, 0.25) is 0 Å². The van der Waals surface area contributed by atoms with Gasteiger partial charge in [0.15, 0.2) is 0 Å². The van der Waals surface area contributed by atoms with Crippen LogP contribution < -0.4 is 5.32 Å². The third-order valence-corrected chi connectivity index (χ3v) is 5.23. The quantitative estimate of drug-likeness (QED) is 0.909. The zero-order valence-electron chi connectivity index (χ0n) is 12.7. The van der Waals surface area contributed by atoms with Crippen molar-refractivity contribution in [3.8, 4) is 0 Å². The molecule has 1 fully saturated rings. The monoisotopic (exact) mass is 273 g/mol. The number of hydrogen-bond donors (Lipinski definition) is 1. The van der Waals surface area contributed by atoms with E-state index in [0.29, 0.717) is 5.41 Å². The van der Waals surface area contributed by atoms with Gasteiger partial charge in [-0.15, -0.1) is 0 Å². The molecule has 1 N–H and O–H groups in total. The number of nitrogens with one attached hydrogen (secondary N) is 1. The highest BCUT2D eigenvalue weighted by atomic mass is 16.5. The molecule has 3 rings (SSSR count). The van der Waals surface area contributed by atoms with Crippen molar-refractivity contribution >= 4 is 0 Å².